The largest absolute Gasteiger partial charge is 0.486 e. The molecule has 0 N–H and O–H groups in total. The zero-order valence-electron chi connectivity index (χ0n) is 12.7. The first-order chi connectivity index (χ1) is 11.3. The lowest BCUT2D eigenvalue weighted by atomic mass is 10.1. The van der Waals surface area contributed by atoms with Crippen molar-refractivity contribution >= 4 is 5.78 Å². The number of hydrogen-bond acceptors (Lipinski definition) is 4. The molecule has 5 nitrogen and oxygen atoms in total. The Morgan fingerprint density at radius 2 is 1.83 bits per heavy atom. The lowest BCUT2D eigenvalue weighted by molar-refractivity contribution is 0.104. The Morgan fingerprint density at radius 1 is 1.04 bits per heavy atom. The summed E-state index contributed by atoms with van der Waals surface area (Å²) in [5.41, 5.74) is 3.41. The van der Waals surface area contributed by atoms with Crippen LogP contribution in [0.3, 0.4) is 0 Å². The van der Waals surface area contributed by atoms with Gasteiger partial charge in [-0.3, -0.25) is 4.79 Å². The summed E-state index contributed by atoms with van der Waals surface area (Å²) in [6, 6.07) is 13.3. The fourth-order valence-electron chi connectivity index (χ4n) is 2.91. The molecule has 23 heavy (non-hydrogen) atoms. The van der Waals surface area contributed by atoms with Gasteiger partial charge in [-0.05, 0) is 36.2 Å². The fraction of sp³-hybridized carbons (Fsp3) is 0.167. The Labute approximate surface area is 133 Å². The van der Waals surface area contributed by atoms with Crippen LogP contribution in [-0.4, -0.2) is 20.5 Å². The standard InChI is InChI=1S/C18H15N3O2/c1-2-21-17(19-11-20-21)10-23-12-7-8-14-13-5-3-4-6-15(13)18(22)16(14)9-12/h3-9,11H,2,10H2,1H3. The lowest BCUT2D eigenvalue weighted by Crippen LogP contribution is -2.07. The average molecular weight is 305 g/mol. The van der Waals surface area contributed by atoms with Gasteiger partial charge in [0, 0.05) is 17.7 Å². The summed E-state index contributed by atoms with van der Waals surface area (Å²) in [7, 11) is 0. The highest BCUT2D eigenvalue weighted by Crippen LogP contribution is 2.38. The van der Waals surface area contributed by atoms with E-state index in [4.69, 9.17) is 4.74 Å². The van der Waals surface area contributed by atoms with E-state index in [0.717, 1.165) is 29.1 Å². The van der Waals surface area contributed by atoms with Crippen LogP contribution in [0.1, 0.15) is 28.7 Å². The molecule has 0 radical (unpaired) electrons. The molecule has 5 heteroatoms. The molecule has 1 aliphatic carbocycles. The van der Waals surface area contributed by atoms with Gasteiger partial charge in [0.05, 0.1) is 0 Å². The molecule has 0 aliphatic heterocycles. The summed E-state index contributed by atoms with van der Waals surface area (Å²) in [6.45, 7) is 3.08. The third kappa shape index (κ3) is 2.21. The van der Waals surface area contributed by atoms with E-state index in [1.807, 2.05) is 49.4 Å². The minimum atomic E-state index is 0.0535. The van der Waals surface area contributed by atoms with Crippen LogP contribution in [0.2, 0.25) is 0 Å². The van der Waals surface area contributed by atoms with Crippen molar-refractivity contribution < 1.29 is 9.53 Å². The van der Waals surface area contributed by atoms with Gasteiger partial charge in [-0.15, -0.1) is 0 Å². The van der Waals surface area contributed by atoms with Gasteiger partial charge in [0.25, 0.3) is 0 Å². The molecule has 3 aromatic rings. The highest BCUT2D eigenvalue weighted by atomic mass is 16.5. The van der Waals surface area contributed by atoms with Crippen LogP contribution in [0.15, 0.2) is 48.8 Å². The minimum absolute atomic E-state index is 0.0535. The van der Waals surface area contributed by atoms with Crippen LogP contribution in [0.4, 0.5) is 0 Å². The van der Waals surface area contributed by atoms with Gasteiger partial charge in [-0.1, -0.05) is 24.3 Å². The number of hydrogen-bond donors (Lipinski definition) is 0. The second-order valence-electron chi connectivity index (χ2n) is 5.36. The number of aromatic nitrogens is 3. The molecule has 4 rings (SSSR count). The van der Waals surface area contributed by atoms with Crippen LogP contribution < -0.4 is 4.74 Å². The molecule has 0 atom stereocenters. The molecule has 114 valence electrons. The monoisotopic (exact) mass is 305 g/mol. The Morgan fingerprint density at radius 3 is 2.65 bits per heavy atom. The van der Waals surface area contributed by atoms with Crippen LogP contribution in [-0.2, 0) is 13.2 Å². The molecule has 1 heterocycles. The number of ketones is 1. The molecule has 0 bridgehead atoms. The zero-order chi connectivity index (χ0) is 15.8. The van der Waals surface area contributed by atoms with E-state index in [1.165, 1.54) is 6.33 Å². The Kier molecular flexibility index (Phi) is 3.19. The van der Waals surface area contributed by atoms with Gasteiger partial charge >= 0.3 is 0 Å². The molecular formula is C18H15N3O2. The lowest BCUT2D eigenvalue weighted by Gasteiger charge is -2.08. The smallest absolute Gasteiger partial charge is 0.194 e. The Balaban J connectivity index is 1.61. The summed E-state index contributed by atoms with van der Waals surface area (Å²) >= 11 is 0. The average Bonchev–Trinajstić information content (AvgIpc) is 3.16. The molecule has 0 spiro atoms. The first-order valence-electron chi connectivity index (χ1n) is 7.55. The molecule has 0 saturated heterocycles. The van der Waals surface area contributed by atoms with Crippen LogP contribution in [0.25, 0.3) is 11.1 Å². The van der Waals surface area contributed by atoms with Crippen LogP contribution in [0, 0.1) is 0 Å². The van der Waals surface area contributed by atoms with E-state index < -0.39 is 0 Å². The van der Waals surface area contributed by atoms with E-state index in [9.17, 15) is 4.79 Å². The maximum atomic E-state index is 12.5. The molecule has 0 saturated carbocycles. The van der Waals surface area contributed by atoms with E-state index in [1.54, 1.807) is 4.68 Å². The maximum Gasteiger partial charge on any atom is 0.194 e. The SMILES string of the molecule is CCn1ncnc1COc1ccc2c(c1)C(=O)c1ccccc1-2. The second-order valence-corrected chi connectivity index (χ2v) is 5.36. The molecule has 0 unspecified atom stereocenters. The summed E-state index contributed by atoms with van der Waals surface area (Å²) in [5.74, 6) is 1.48. The zero-order valence-corrected chi connectivity index (χ0v) is 12.7. The van der Waals surface area contributed by atoms with E-state index in [0.29, 0.717) is 17.9 Å². The summed E-state index contributed by atoms with van der Waals surface area (Å²) in [4.78, 5) is 16.7. The summed E-state index contributed by atoms with van der Waals surface area (Å²) in [6.07, 6.45) is 1.52. The van der Waals surface area contributed by atoms with Crippen molar-refractivity contribution in [2.45, 2.75) is 20.1 Å². The van der Waals surface area contributed by atoms with Gasteiger partial charge in [-0.2, -0.15) is 5.10 Å². The molecule has 1 aromatic heterocycles. The van der Waals surface area contributed by atoms with Gasteiger partial charge in [0.1, 0.15) is 18.7 Å². The van der Waals surface area contributed by atoms with Crippen molar-refractivity contribution in [3.63, 3.8) is 0 Å². The molecular weight excluding hydrogens is 290 g/mol. The first-order valence-corrected chi connectivity index (χ1v) is 7.55. The van der Waals surface area contributed by atoms with Gasteiger partial charge in [0.15, 0.2) is 11.6 Å². The van der Waals surface area contributed by atoms with Crippen molar-refractivity contribution in [2.75, 3.05) is 0 Å². The van der Waals surface area contributed by atoms with Crippen LogP contribution >= 0.6 is 0 Å². The summed E-state index contributed by atoms with van der Waals surface area (Å²) in [5, 5.41) is 4.12. The number of nitrogens with zero attached hydrogens (tertiary/aromatic N) is 3. The third-order valence-electron chi connectivity index (χ3n) is 4.06. The predicted octanol–water partition coefficient (Wildman–Crippen LogP) is 3.09. The number of rotatable bonds is 4. The minimum Gasteiger partial charge on any atom is -0.486 e. The van der Waals surface area contributed by atoms with E-state index in [-0.39, 0.29) is 5.78 Å². The quantitative estimate of drug-likeness (QED) is 0.581. The van der Waals surface area contributed by atoms with Gasteiger partial charge in [0.2, 0.25) is 0 Å². The van der Waals surface area contributed by atoms with Gasteiger partial charge < -0.3 is 4.74 Å². The van der Waals surface area contributed by atoms with Crippen molar-refractivity contribution in [1.29, 1.82) is 0 Å². The predicted molar refractivity (Wildman–Crippen MR) is 85.3 cm³/mol. The molecule has 1 aliphatic rings. The highest BCUT2D eigenvalue weighted by Gasteiger charge is 2.26. The number of benzene rings is 2. The van der Waals surface area contributed by atoms with Crippen molar-refractivity contribution in [1.82, 2.24) is 14.8 Å². The van der Waals surface area contributed by atoms with Crippen molar-refractivity contribution in [3.8, 4) is 16.9 Å². The molecule has 0 amide bonds. The number of ether oxygens (including phenoxy) is 1. The molecule has 2 aromatic carbocycles. The number of carbonyl (C=O) groups is 1. The first kappa shape index (κ1) is 13.7. The normalized spacial score (nSPS) is 12.1. The van der Waals surface area contributed by atoms with Crippen molar-refractivity contribution in [3.05, 3.63) is 65.7 Å². The highest BCUT2D eigenvalue weighted by molar-refractivity contribution is 6.21. The van der Waals surface area contributed by atoms with E-state index in [2.05, 4.69) is 10.1 Å². The second kappa shape index (κ2) is 5.35. The number of fused-ring (bicyclic) bond motifs is 3. The van der Waals surface area contributed by atoms with Gasteiger partial charge in [-0.25, -0.2) is 9.67 Å². The fourth-order valence-corrected chi connectivity index (χ4v) is 2.91. The van der Waals surface area contributed by atoms with E-state index >= 15 is 0 Å². The molecule has 0 fully saturated rings. The topological polar surface area (TPSA) is 57.0 Å². The maximum absolute atomic E-state index is 12.5. The van der Waals surface area contributed by atoms with Crippen LogP contribution in [0.5, 0.6) is 5.75 Å². The Bertz CT molecular complexity index is 899. The number of carbonyl (C=O) groups excluding carboxylic acids is 1. The summed E-state index contributed by atoms with van der Waals surface area (Å²) < 4.78 is 7.58. The Hall–Kier alpha value is -2.95. The number of aryl methyl sites for hydroxylation is 1. The third-order valence-corrected chi connectivity index (χ3v) is 4.06. The van der Waals surface area contributed by atoms with Crippen molar-refractivity contribution in [2.24, 2.45) is 0 Å².